The Bertz CT molecular complexity index is 639. The first-order chi connectivity index (χ1) is 11.5. The van der Waals surface area contributed by atoms with E-state index in [2.05, 4.69) is 57.1 Å². The van der Waals surface area contributed by atoms with Crippen molar-refractivity contribution >= 4 is 34.2 Å². The Morgan fingerprint density at radius 3 is 2.38 bits per heavy atom. The lowest BCUT2D eigenvalue weighted by molar-refractivity contribution is -0.123. The molecule has 5 heteroatoms. The van der Waals surface area contributed by atoms with E-state index in [1.165, 1.54) is 11.3 Å². The predicted molar refractivity (Wildman–Crippen MR) is 107 cm³/mol. The Morgan fingerprint density at radius 2 is 1.75 bits per heavy atom. The highest BCUT2D eigenvalue weighted by Crippen LogP contribution is 2.14. The van der Waals surface area contributed by atoms with Gasteiger partial charge in [0.05, 0.1) is 0 Å². The number of rotatable bonds is 8. The van der Waals surface area contributed by atoms with Gasteiger partial charge >= 0.3 is 0 Å². The monoisotopic (exact) mass is 438 g/mol. The van der Waals surface area contributed by atoms with Gasteiger partial charge in [-0.3, -0.25) is 4.79 Å². The fourth-order valence-corrected chi connectivity index (χ4v) is 2.57. The zero-order valence-electron chi connectivity index (χ0n) is 14.1. The van der Waals surface area contributed by atoms with E-state index < -0.39 is 0 Å². The molecule has 2 rings (SSSR count). The van der Waals surface area contributed by atoms with Crippen LogP contribution < -0.4 is 15.0 Å². The highest BCUT2D eigenvalue weighted by Gasteiger charge is 2.03. The van der Waals surface area contributed by atoms with Crippen molar-refractivity contribution in [3.63, 3.8) is 0 Å². The zero-order valence-corrected chi connectivity index (χ0v) is 16.2. The molecule has 2 aromatic rings. The normalized spacial score (nSPS) is 10.3. The number of aryl methyl sites for hydroxylation is 1. The minimum atomic E-state index is -0.0866. The van der Waals surface area contributed by atoms with E-state index >= 15 is 0 Å². The zero-order chi connectivity index (χ0) is 17.4. The van der Waals surface area contributed by atoms with Gasteiger partial charge in [0.15, 0.2) is 6.61 Å². The van der Waals surface area contributed by atoms with Crippen molar-refractivity contribution in [1.82, 2.24) is 5.32 Å². The Hall–Kier alpha value is -1.76. The number of amides is 1. The van der Waals surface area contributed by atoms with E-state index in [1.807, 2.05) is 38.4 Å². The average molecular weight is 438 g/mol. The van der Waals surface area contributed by atoms with Crippen LogP contribution in [-0.2, 0) is 11.2 Å². The van der Waals surface area contributed by atoms with Gasteiger partial charge in [-0.2, -0.15) is 0 Å². The number of hydrogen-bond acceptors (Lipinski definition) is 3. The summed E-state index contributed by atoms with van der Waals surface area (Å²) in [5, 5.41) is 2.89. The second-order valence-corrected chi connectivity index (χ2v) is 7.00. The molecule has 0 atom stereocenters. The molecule has 0 aliphatic rings. The van der Waals surface area contributed by atoms with Gasteiger partial charge in [-0.1, -0.05) is 12.1 Å². The summed E-state index contributed by atoms with van der Waals surface area (Å²) in [5.41, 5.74) is 2.48. The molecule has 0 saturated carbocycles. The van der Waals surface area contributed by atoms with Crippen molar-refractivity contribution in [2.45, 2.75) is 12.8 Å². The third kappa shape index (κ3) is 6.39. The molecule has 0 saturated heterocycles. The van der Waals surface area contributed by atoms with Crippen LogP contribution in [0.2, 0.25) is 0 Å². The van der Waals surface area contributed by atoms with E-state index in [1.54, 1.807) is 0 Å². The molecule has 0 fully saturated rings. The largest absolute Gasteiger partial charge is 0.484 e. The number of hydrogen-bond donors (Lipinski definition) is 1. The molecule has 0 heterocycles. The number of nitrogens with one attached hydrogen (secondary N) is 1. The quantitative estimate of drug-likeness (QED) is 0.507. The van der Waals surface area contributed by atoms with Crippen LogP contribution in [0.25, 0.3) is 0 Å². The third-order valence-electron chi connectivity index (χ3n) is 3.60. The van der Waals surface area contributed by atoms with Gasteiger partial charge in [0, 0.05) is 29.9 Å². The van der Waals surface area contributed by atoms with E-state index in [-0.39, 0.29) is 12.5 Å². The molecule has 0 aliphatic heterocycles. The molecule has 1 amide bonds. The summed E-state index contributed by atoms with van der Waals surface area (Å²) >= 11 is 2.23. The van der Waals surface area contributed by atoms with Gasteiger partial charge in [0.2, 0.25) is 0 Å². The first-order valence-corrected chi connectivity index (χ1v) is 9.04. The van der Waals surface area contributed by atoms with Crippen LogP contribution in [0.5, 0.6) is 5.75 Å². The van der Waals surface area contributed by atoms with Gasteiger partial charge in [0.1, 0.15) is 5.75 Å². The van der Waals surface area contributed by atoms with Crippen LogP contribution >= 0.6 is 22.6 Å². The predicted octanol–water partition coefficient (Wildman–Crippen LogP) is 3.49. The fraction of sp³-hybridized carbons (Fsp3) is 0.316. The van der Waals surface area contributed by atoms with Crippen molar-refractivity contribution in [3.05, 3.63) is 57.7 Å². The molecule has 2 aromatic carbocycles. The molecule has 0 radical (unpaired) electrons. The van der Waals surface area contributed by atoms with E-state index in [9.17, 15) is 4.79 Å². The van der Waals surface area contributed by atoms with Crippen molar-refractivity contribution in [2.24, 2.45) is 0 Å². The SMILES string of the molecule is CN(C)c1ccc(CCCNC(=O)COc2ccc(I)cc2)cc1. The molecule has 0 aliphatic carbocycles. The molecule has 1 N–H and O–H groups in total. The minimum Gasteiger partial charge on any atom is -0.484 e. The van der Waals surface area contributed by atoms with Gasteiger partial charge in [-0.25, -0.2) is 0 Å². The Morgan fingerprint density at radius 1 is 1.08 bits per heavy atom. The second kappa shape index (κ2) is 9.52. The van der Waals surface area contributed by atoms with Crippen LogP contribution in [-0.4, -0.2) is 33.2 Å². The van der Waals surface area contributed by atoms with Gasteiger partial charge < -0.3 is 15.0 Å². The number of carbonyl (C=O) groups excluding carboxylic acids is 1. The van der Waals surface area contributed by atoms with Crippen LogP contribution in [0.1, 0.15) is 12.0 Å². The van der Waals surface area contributed by atoms with Gasteiger partial charge in [-0.05, 0) is 77.4 Å². The van der Waals surface area contributed by atoms with Gasteiger partial charge in [0.25, 0.3) is 5.91 Å². The van der Waals surface area contributed by atoms with Crippen molar-refractivity contribution in [3.8, 4) is 5.75 Å². The number of carbonyl (C=O) groups is 1. The summed E-state index contributed by atoms with van der Waals surface area (Å²) in [7, 11) is 4.06. The Balaban J connectivity index is 1.63. The van der Waals surface area contributed by atoms with Crippen LogP contribution in [0.15, 0.2) is 48.5 Å². The fourth-order valence-electron chi connectivity index (χ4n) is 2.21. The van der Waals surface area contributed by atoms with Gasteiger partial charge in [-0.15, -0.1) is 0 Å². The molecule has 4 nitrogen and oxygen atoms in total. The summed E-state index contributed by atoms with van der Waals surface area (Å²) in [6.07, 6.45) is 1.86. The summed E-state index contributed by atoms with van der Waals surface area (Å²) in [6, 6.07) is 16.1. The van der Waals surface area contributed by atoms with Crippen LogP contribution in [0, 0.1) is 3.57 Å². The lowest BCUT2D eigenvalue weighted by atomic mass is 10.1. The lowest BCUT2D eigenvalue weighted by Crippen LogP contribution is -2.29. The van der Waals surface area contributed by atoms with Crippen molar-refractivity contribution in [2.75, 3.05) is 32.1 Å². The van der Waals surface area contributed by atoms with Crippen molar-refractivity contribution in [1.29, 1.82) is 0 Å². The molecule has 0 bridgehead atoms. The standard InChI is InChI=1S/C19H23IN2O2/c1-22(2)17-9-5-15(6-10-17)4-3-13-21-19(23)14-24-18-11-7-16(20)8-12-18/h5-12H,3-4,13-14H2,1-2H3,(H,21,23). The third-order valence-corrected chi connectivity index (χ3v) is 4.32. The number of benzene rings is 2. The second-order valence-electron chi connectivity index (χ2n) is 5.76. The smallest absolute Gasteiger partial charge is 0.257 e. The highest BCUT2D eigenvalue weighted by atomic mass is 127. The van der Waals surface area contributed by atoms with Crippen molar-refractivity contribution < 1.29 is 9.53 Å². The lowest BCUT2D eigenvalue weighted by Gasteiger charge is -2.12. The maximum atomic E-state index is 11.8. The molecule has 0 spiro atoms. The average Bonchev–Trinajstić information content (AvgIpc) is 2.58. The summed E-state index contributed by atoms with van der Waals surface area (Å²) in [5.74, 6) is 0.628. The first kappa shape index (κ1) is 18.6. The molecular weight excluding hydrogens is 415 g/mol. The minimum absolute atomic E-state index is 0.0537. The summed E-state index contributed by atoms with van der Waals surface area (Å²) in [4.78, 5) is 13.9. The summed E-state index contributed by atoms with van der Waals surface area (Å²) < 4.78 is 6.60. The van der Waals surface area contributed by atoms with E-state index in [0.29, 0.717) is 12.3 Å². The Kier molecular flexibility index (Phi) is 7.36. The number of anilines is 1. The number of ether oxygens (including phenoxy) is 1. The van der Waals surface area contributed by atoms with Crippen LogP contribution in [0.3, 0.4) is 0 Å². The summed E-state index contributed by atoms with van der Waals surface area (Å²) in [6.45, 7) is 0.711. The molecule has 128 valence electrons. The number of nitrogens with zero attached hydrogens (tertiary/aromatic N) is 1. The molecule has 0 aromatic heterocycles. The maximum Gasteiger partial charge on any atom is 0.257 e. The molecule has 0 unspecified atom stereocenters. The molecular formula is C19H23IN2O2. The molecule has 24 heavy (non-hydrogen) atoms. The Labute approximate surface area is 157 Å². The maximum absolute atomic E-state index is 11.8. The first-order valence-electron chi connectivity index (χ1n) is 7.96. The number of halogens is 1. The highest BCUT2D eigenvalue weighted by molar-refractivity contribution is 14.1. The van der Waals surface area contributed by atoms with Crippen LogP contribution in [0.4, 0.5) is 5.69 Å². The van der Waals surface area contributed by atoms with E-state index in [0.717, 1.165) is 16.4 Å². The van der Waals surface area contributed by atoms with E-state index in [4.69, 9.17) is 4.74 Å². The topological polar surface area (TPSA) is 41.6 Å².